The average molecular weight is 494 g/mol. The molecule has 4 heterocycles. The van der Waals surface area contributed by atoms with Crippen LogP contribution < -0.4 is 10.7 Å². The van der Waals surface area contributed by atoms with Crippen LogP contribution in [-0.4, -0.2) is 26.6 Å². The highest BCUT2D eigenvalue weighted by atomic mass is 16.3. The summed E-state index contributed by atoms with van der Waals surface area (Å²) in [6.07, 6.45) is 11.7. The van der Waals surface area contributed by atoms with E-state index in [4.69, 9.17) is 9.98 Å². The molecule has 0 amide bonds. The van der Waals surface area contributed by atoms with E-state index in [0.717, 1.165) is 70.3 Å². The Kier molecular flexibility index (Phi) is 6.40. The standard InChI is InChI=1S/C32H35N3O2/c1-7-21-17(5)25-14-29-23(9-3)24(10-4)30(35-29)15-26-18(6)22(8-2)28(34-26)13-20-11-19(12-27(21)33-25)31(36)16-32(20)37/h11-16,33,36-37H,7-10H2,1-6H3. The fourth-order valence-electron chi connectivity index (χ4n) is 5.75. The Hall–Kier alpha value is -3.86. The fraction of sp³-hybridized carbons (Fsp3) is 0.312. The molecule has 190 valence electrons. The normalized spacial score (nSPS) is 16.8. The predicted octanol–water partition coefficient (Wildman–Crippen LogP) is 5.90. The van der Waals surface area contributed by atoms with Crippen LogP contribution in [-0.2, 0) is 6.42 Å². The number of nitrogens with zero attached hydrogens (tertiary/aromatic N) is 2. The molecule has 0 unspecified atom stereocenters. The summed E-state index contributed by atoms with van der Waals surface area (Å²) in [6, 6.07) is 3.25. The number of aromatic hydroxyl groups is 2. The van der Waals surface area contributed by atoms with E-state index < -0.39 is 0 Å². The van der Waals surface area contributed by atoms with E-state index in [1.54, 1.807) is 0 Å². The molecule has 2 aromatic rings. The average Bonchev–Trinajstić information content (AvgIpc) is 3.46. The summed E-state index contributed by atoms with van der Waals surface area (Å²) in [4.78, 5) is 13.7. The van der Waals surface area contributed by atoms with Crippen LogP contribution in [0.5, 0.6) is 11.5 Å². The van der Waals surface area contributed by atoms with Crippen molar-refractivity contribution in [3.63, 3.8) is 0 Å². The zero-order valence-corrected chi connectivity index (χ0v) is 22.6. The van der Waals surface area contributed by atoms with E-state index in [-0.39, 0.29) is 11.5 Å². The van der Waals surface area contributed by atoms with Crippen molar-refractivity contribution in [1.82, 2.24) is 4.98 Å². The van der Waals surface area contributed by atoms with E-state index in [1.165, 1.54) is 28.3 Å². The molecule has 1 aromatic carbocycles. The predicted molar refractivity (Wildman–Crippen MR) is 153 cm³/mol. The number of H-pyrrole nitrogens is 1. The molecule has 37 heavy (non-hydrogen) atoms. The Balaban J connectivity index is 1.90. The molecule has 3 N–H and O–H groups in total. The highest BCUT2D eigenvalue weighted by Gasteiger charge is 2.24. The number of phenolic OH excluding ortho intramolecular Hbond substituents is 2. The number of nitrogens with one attached hydrogen (secondary N) is 1. The minimum Gasteiger partial charge on any atom is -0.507 e. The Morgan fingerprint density at radius 2 is 1.27 bits per heavy atom. The van der Waals surface area contributed by atoms with Crippen molar-refractivity contribution in [3.05, 3.63) is 84.8 Å². The summed E-state index contributed by atoms with van der Waals surface area (Å²) in [5, 5.41) is 23.4. The SMILES string of the molecule is CCC1=C(C)C2=NC1=Cc1cc(c(O)cc1O)C=c1[nH]c(c(C)c1CC)=CC1=NC(=C2)C(CC)=C1CC. The Bertz CT molecular complexity index is 1640. The molecule has 0 saturated carbocycles. The maximum atomic E-state index is 10.7. The number of aromatic nitrogens is 1. The zero-order valence-electron chi connectivity index (χ0n) is 22.6. The van der Waals surface area contributed by atoms with E-state index in [1.807, 2.05) is 18.2 Å². The molecule has 0 aliphatic carbocycles. The number of aliphatic imine (C=N–C) groups is 2. The zero-order chi connectivity index (χ0) is 26.4. The van der Waals surface area contributed by atoms with Gasteiger partial charge in [0.25, 0.3) is 0 Å². The van der Waals surface area contributed by atoms with Crippen molar-refractivity contribution in [3.8, 4) is 11.5 Å². The molecule has 8 bridgehead atoms. The van der Waals surface area contributed by atoms with E-state index in [2.05, 4.69) is 58.7 Å². The van der Waals surface area contributed by atoms with Gasteiger partial charge in [0, 0.05) is 27.9 Å². The van der Waals surface area contributed by atoms with Crippen molar-refractivity contribution in [1.29, 1.82) is 0 Å². The number of allylic oxidation sites excluding steroid dienone is 5. The third-order valence-electron chi connectivity index (χ3n) is 7.80. The van der Waals surface area contributed by atoms with Crippen LogP contribution in [0.2, 0.25) is 0 Å². The molecule has 3 aliphatic heterocycles. The van der Waals surface area contributed by atoms with Crippen LogP contribution in [0.25, 0.3) is 18.2 Å². The smallest absolute Gasteiger partial charge is 0.126 e. The first-order valence-electron chi connectivity index (χ1n) is 13.3. The Morgan fingerprint density at radius 1 is 0.649 bits per heavy atom. The van der Waals surface area contributed by atoms with Crippen molar-refractivity contribution in [2.75, 3.05) is 0 Å². The maximum absolute atomic E-state index is 10.7. The molecule has 0 atom stereocenters. The van der Waals surface area contributed by atoms with Gasteiger partial charge in [-0.15, -0.1) is 0 Å². The molecule has 3 aliphatic rings. The van der Waals surface area contributed by atoms with Gasteiger partial charge in [-0.25, -0.2) is 9.98 Å². The van der Waals surface area contributed by atoms with Gasteiger partial charge in [-0.3, -0.25) is 0 Å². The summed E-state index contributed by atoms with van der Waals surface area (Å²) in [6.45, 7) is 12.9. The van der Waals surface area contributed by atoms with Gasteiger partial charge in [-0.2, -0.15) is 0 Å². The summed E-state index contributed by atoms with van der Waals surface area (Å²) in [5.74, 6) is 0.0646. The molecule has 5 heteroatoms. The van der Waals surface area contributed by atoms with Gasteiger partial charge in [-0.1, -0.05) is 27.7 Å². The number of fused-ring (bicyclic) bond motifs is 6. The van der Waals surface area contributed by atoms with Gasteiger partial charge >= 0.3 is 0 Å². The second kappa shape index (κ2) is 9.55. The first-order chi connectivity index (χ1) is 17.8. The van der Waals surface area contributed by atoms with Crippen LogP contribution in [0.3, 0.4) is 0 Å². The second-order valence-corrected chi connectivity index (χ2v) is 9.84. The molecule has 0 saturated heterocycles. The highest BCUT2D eigenvalue weighted by molar-refractivity contribution is 6.24. The van der Waals surface area contributed by atoms with Crippen molar-refractivity contribution in [2.45, 2.75) is 67.2 Å². The molecule has 0 fully saturated rings. The maximum Gasteiger partial charge on any atom is 0.126 e. The lowest BCUT2D eigenvalue weighted by Gasteiger charge is -2.07. The number of rotatable bonds is 4. The van der Waals surface area contributed by atoms with Crippen LogP contribution in [0.4, 0.5) is 0 Å². The second-order valence-electron chi connectivity index (χ2n) is 9.84. The molecule has 0 radical (unpaired) electrons. The number of benzene rings is 1. The van der Waals surface area contributed by atoms with Crippen molar-refractivity contribution >= 4 is 29.7 Å². The molecular weight excluding hydrogens is 458 g/mol. The quantitative estimate of drug-likeness (QED) is 0.496. The molecule has 5 nitrogen and oxygen atoms in total. The monoisotopic (exact) mass is 493 g/mol. The molecule has 0 spiro atoms. The van der Waals surface area contributed by atoms with Gasteiger partial charge in [0.2, 0.25) is 0 Å². The first-order valence-corrected chi connectivity index (χ1v) is 13.3. The lowest BCUT2D eigenvalue weighted by Crippen LogP contribution is -2.14. The Morgan fingerprint density at radius 3 is 1.92 bits per heavy atom. The van der Waals surface area contributed by atoms with Gasteiger partial charge in [0.15, 0.2) is 0 Å². The van der Waals surface area contributed by atoms with E-state index in [0.29, 0.717) is 11.1 Å². The van der Waals surface area contributed by atoms with Gasteiger partial charge in [-0.05, 0) is 103 Å². The highest BCUT2D eigenvalue weighted by Crippen LogP contribution is 2.36. The topological polar surface area (TPSA) is 81.0 Å². The number of hydrogen-bond donors (Lipinski definition) is 3. The van der Waals surface area contributed by atoms with Crippen molar-refractivity contribution in [2.24, 2.45) is 9.98 Å². The number of aromatic amines is 1. The minimum atomic E-state index is 0.0274. The third-order valence-corrected chi connectivity index (χ3v) is 7.80. The summed E-state index contributed by atoms with van der Waals surface area (Å²) < 4.78 is 0. The third kappa shape index (κ3) is 4.12. The molecule has 1 aromatic heterocycles. The summed E-state index contributed by atoms with van der Waals surface area (Å²) in [7, 11) is 0. The van der Waals surface area contributed by atoms with Crippen LogP contribution in [0, 0.1) is 6.92 Å². The lowest BCUT2D eigenvalue weighted by molar-refractivity contribution is 0.449. The Labute approximate surface area is 218 Å². The van der Waals surface area contributed by atoms with E-state index in [9.17, 15) is 10.2 Å². The lowest BCUT2D eigenvalue weighted by atomic mass is 9.97. The van der Waals surface area contributed by atoms with Crippen LogP contribution in [0.1, 0.15) is 76.1 Å². The number of phenols is 2. The molecular formula is C32H35N3O2. The fourth-order valence-corrected chi connectivity index (χ4v) is 5.75. The van der Waals surface area contributed by atoms with Crippen LogP contribution >= 0.6 is 0 Å². The number of hydrogen-bond acceptors (Lipinski definition) is 4. The minimum absolute atomic E-state index is 0.0274. The van der Waals surface area contributed by atoms with Gasteiger partial charge in [0.05, 0.1) is 22.8 Å². The van der Waals surface area contributed by atoms with E-state index >= 15 is 0 Å². The summed E-state index contributed by atoms with van der Waals surface area (Å²) in [5.41, 5.74) is 12.2. The summed E-state index contributed by atoms with van der Waals surface area (Å²) >= 11 is 0. The first kappa shape index (κ1) is 24.8. The van der Waals surface area contributed by atoms with Gasteiger partial charge in [0.1, 0.15) is 11.5 Å². The van der Waals surface area contributed by atoms with Crippen molar-refractivity contribution < 1.29 is 10.2 Å². The van der Waals surface area contributed by atoms with Crippen LogP contribution in [0.15, 0.2) is 61.9 Å². The van der Waals surface area contributed by atoms with Gasteiger partial charge < -0.3 is 15.2 Å². The molecule has 5 rings (SSSR count). The largest absolute Gasteiger partial charge is 0.507 e.